The molecule has 1 fully saturated rings. The number of hydrogen-bond acceptors (Lipinski definition) is 5. The predicted molar refractivity (Wildman–Crippen MR) is 97.6 cm³/mol. The van der Waals surface area contributed by atoms with Crippen molar-refractivity contribution in [1.29, 1.82) is 0 Å². The first-order valence-electron chi connectivity index (χ1n) is 8.09. The molecule has 25 heavy (non-hydrogen) atoms. The molecule has 0 spiro atoms. The van der Waals surface area contributed by atoms with E-state index in [-0.39, 0.29) is 12.0 Å². The second kappa shape index (κ2) is 5.91. The average molecular weight is 360 g/mol. The van der Waals surface area contributed by atoms with E-state index in [4.69, 9.17) is 0 Å². The Morgan fingerprint density at radius 3 is 2.68 bits per heavy atom. The zero-order valence-electron chi connectivity index (χ0n) is 14.2. The summed E-state index contributed by atoms with van der Waals surface area (Å²) in [6.45, 7) is 2.05. The van der Waals surface area contributed by atoms with Gasteiger partial charge in [0.1, 0.15) is 10.6 Å². The van der Waals surface area contributed by atoms with Gasteiger partial charge >= 0.3 is 0 Å². The molecule has 2 atom stereocenters. The minimum Gasteiger partial charge on any atom is -0.366 e. The summed E-state index contributed by atoms with van der Waals surface area (Å²) in [5.74, 6) is 0.0179. The van der Waals surface area contributed by atoms with Crippen molar-refractivity contribution in [3.05, 3.63) is 46.3 Å². The molecule has 130 valence electrons. The van der Waals surface area contributed by atoms with E-state index in [0.717, 1.165) is 28.0 Å². The number of benzene rings is 1. The standard InChI is InChI=1S/C18H18F2N4S/c1-9-6-12-16(22-18(24(2)3)23-17(12)25-9)21-15-8-11(15)10-4-5-13(19)14(20)7-10/h4-7,11,15H,8H2,1-3H3,(H,21,22,23)/t11-,15+/m0/s1. The second-order valence-electron chi connectivity index (χ2n) is 6.61. The number of aryl methyl sites for hydroxylation is 1. The Bertz CT molecular complexity index is 954. The molecule has 0 saturated heterocycles. The molecule has 4 rings (SSSR count). The van der Waals surface area contributed by atoms with E-state index < -0.39 is 11.6 Å². The maximum absolute atomic E-state index is 13.5. The monoisotopic (exact) mass is 360 g/mol. The smallest absolute Gasteiger partial charge is 0.228 e. The number of nitrogens with one attached hydrogen (secondary N) is 1. The van der Waals surface area contributed by atoms with Gasteiger partial charge in [-0.15, -0.1) is 11.3 Å². The number of hydrogen-bond donors (Lipinski definition) is 1. The van der Waals surface area contributed by atoms with E-state index in [9.17, 15) is 8.78 Å². The Balaban J connectivity index is 1.62. The first kappa shape index (κ1) is 16.2. The molecule has 1 saturated carbocycles. The lowest BCUT2D eigenvalue weighted by molar-refractivity contribution is 0.507. The number of nitrogens with zero attached hydrogens (tertiary/aromatic N) is 3. The van der Waals surface area contributed by atoms with Gasteiger partial charge in [0.25, 0.3) is 0 Å². The fourth-order valence-corrected chi connectivity index (χ4v) is 3.86. The van der Waals surface area contributed by atoms with Crippen LogP contribution in [0.1, 0.15) is 22.8 Å². The lowest BCUT2D eigenvalue weighted by Gasteiger charge is -2.13. The molecule has 4 nitrogen and oxygen atoms in total. The van der Waals surface area contributed by atoms with Gasteiger partial charge in [0.15, 0.2) is 11.6 Å². The topological polar surface area (TPSA) is 41.1 Å². The highest BCUT2D eigenvalue weighted by Gasteiger charge is 2.39. The summed E-state index contributed by atoms with van der Waals surface area (Å²) >= 11 is 1.64. The highest BCUT2D eigenvalue weighted by molar-refractivity contribution is 7.18. The number of thiophene rings is 1. The van der Waals surface area contributed by atoms with E-state index in [1.807, 2.05) is 25.9 Å². The van der Waals surface area contributed by atoms with Crippen molar-refractivity contribution < 1.29 is 8.78 Å². The molecule has 2 aromatic heterocycles. The van der Waals surface area contributed by atoms with Crippen LogP contribution in [0.2, 0.25) is 0 Å². The van der Waals surface area contributed by atoms with Crippen LogP contribution < -0.4 is 10.2 Å². The molecule has 0 bridgehead atoms. The van der Waals surface area contributed by atoms with Crippen LogP contribution in [0.3, 0.4) is 0 Å². The van der Waals surface area contributed by atoms with Crippen molar-refractivity contribution in [3.63, 3.8) is 0 Å². The number of halogens is 2. The van der Waals surface area contributed by atoms with Crippen LogP contribution in [-0.2, 0) is 0 Å². The van der Waals surface area contributed by atoms with E-state index >= 15 is 0 Å². The minimum absolute atomic E-state index is 0.165. The van der Waals surface area contributed by atoms with E-state index in [0.29, 0.717) is 5.95 Å². The van der Waals surface area contributed by atoms with E-state index in [1.54, 1.807) is 17.4 Å². The Hall–Kier alpha value is -2.28. The predicted octanol–water partition coefficient (Wildman–Crippen LogP) is 4.31. The highest BCUT2D eigenvalue weighted by atomic mass is 32.1. The average Bonchev–Trinajstić information content (AvgIpc) is 3.21. The van der Waals surface area contributed by atoms with Crippen LogP contribution in [0.5, 0.6) is 0 Å². The van der Waals surface area contributed by atoms with Crippen LogP contribution >= 0.6 is 11.3 Å². The van der Waals surface area contributed by atoms with Gasteiger partial charge in [-0.3, -0.25) is 0 Å². The van der Waals surface area contributed by atoms with E-state index in [2.05, 4.69) is 21.4 Å². The number of fused-ring (bicyclic) bond motifs is 1. The molecule has 1 N–H and O–H groups in total. The van der Waals surface area contributed by atoms with Gasteiger partial charge in [-0.05, 0) is 37.1 Å². The van der Waals surface area contributed by atoms with Gasteiger partial charge in [-0.25, -0.2) is 13.8 Å². The molecule has 1 aliphatic rings. The fraction of sp³-hybridized carbons (Fsp3) is 0.333. The zero-order chi connectivity index (χ0) is 17.7. The van der Waals surface area contributed by atoms with Crippen molar-refractivity contribution in [2.45, 2.75) is 25.3 Å². The van der Waals surface area contributed by atoms with Gasteiger partial charge in [-0.2, -0.15) is 4.98 Å². The number of anilines is 2. The molecule has 1 aromatic carbocycles. The maximum Gasteiger partial charge on any atom is 0.228 e. The Kier molecular flexibility index (Phi) is 3.83. The third-order valence-electron chi connectivity index (χ3n) is 4.39. The summed E-state index contributed by atoms with van der Waals surface area (Å²) in [6, 6.07) is 6.38. The highest BCUT2D eigenvalue weighted by Crippen LogP contribution is 2.44. The second-order valence-corrected chi connectivity index (χ2v) is 7.84. The molecule has 7 heteroatoms. The van der Waals surface area contributed by atoms with Gasteiger partial charge in [0.05, 0.1) is 5.39 Å². The van der Waals surface area contributed by atoms with Crippen LogP contribution in [0.15, 0.2) is 24.3 Å². The van der Waals surface area contributed by atoms with Crippen molar-refractivity contribution in [2.24, 2.45) is 0 Å². The molecule has 0 amide bonds. The van der Waals surface area contributed by atoms with Crippen LogP contribution in [0.25, 0.3) is 10.2 Å². The van der Waals surface area contributed by atoms with Crippen LogP contribution in [0.4, 0.5) is 20.5 Å². The SMILES string of the molecule is Cc1cc2c(N[C@@H]3C[C@H]3c3ccc(F)c(F)c3)nc(N(C)C)nc2s1. The molecule has 3 aromatic rings. The first-order valence-corrected chi connectivity index (χ1v) is 8.91. The molecule has 0 radical (unpaired) electrons. The maximum atomic E-state index is 13.5. The molecular formula is C18H18F2N4S. The first-order chi connectivity index (χ1) is 11.9. The third kappa shape index (κ3) is 3.04. The van der Waals surface area contributed by atoms with Crippen LogP contribution in [0, 0.1) is 18.6 Å². The van der Waals surface area contributed by atoms with Gasteiger partial charge < -0.3 is 10.2 Å². The Labute approximate surface area is 148 Å². The third-order valence-corrected chi connectivity index (χ3v) is 5.33. The largest absolute Gasteiger partial charge is 0.366 e. The Morgan fingerprint density at radius 1 is 1.16 bits per heavy atom. The van der Waals surface area contributed by atoms with Crippen molar-refractivity contribution in [2.75, 3.05) is 24.3 Å². The van der Waals surface area contributed by atoms with Gasteiger partial charge in [0.2, 0.25) is 5.95 Å². The van der Waals surface area contributed by atoms with Crippen molar-refractivity contribution in [1.82, 2.24) is 9.97 Å². The van der Waals surface area contributed by atoms with Gasteiger partial charge in [-0.1, -0.05) is 6.07 Å². The quantitative estimate of drug-likeness (QED) is 0.753. The Morgan fingerprint density at radius 2 is 1.96 bits per heavy atom. The fourth-order valence-electron chi connectivity index (χ4n) is 2.98. The van der Waals surface area contributed by atoms with E-state index in [1.165, 1.54) is 17.0 Å². The van der Waals surface area contributed by atoms with Crippen LogP contribution in [-0.4, -0.2) is 30.1 Å². The summed E-state index contributed by atoms with van der Waals surface area (Å²) < 4.78 is 26.6. The molecular weight excluding hydrogens is 342 g/mol. The minimum atomic E-state index is -0.809. The molecule has 2 heterocycles. The number of aromatic nitrogens is 2. The summed E-state index contributed by atoms with van der Waals surface area (Å²) in [4.78, 5) is 13.2. The summed E-state index contributed by atoms with van der Waals surface area (Å²) in [5, 5.41) is 4.47. The lowest BCUT2D eigenvalue weighted by atomic mass is 10.1. The normalized spacial score (nSPS) is 19.2. The molecule has 0 unspecified atom stereocenters. The van der Waals surface area contributed by atoms with Crippen molar-refractivity contribution in [3.8, 4) is 0 Å². The lowest BCUT2D eigenvalue weighted by Crippen LogP contribution is -2.15. The molecule has 1 aliphatic carbocycles. The summed E-state index contributed by atoms with van der Waals surface area (Å²) in [5.41, 5.74) is 0.816. The van der Waals surface area contributed by atoms with Gasteiger partial charge in [0, 0.05) is 30.9 Å². The summed E-state index contributed by atoms with van der Waals surface area (Å²) in [6.07, 6.45) is 0.872. The summed E-state index contributed by atoms with van der Waals surface area (Å²) in [7, 11) is 3.82. The number of rotatable bonds is 4. The molecule has 0 aliphatic heterocycles. The zero-order valence-corrected chi connectivity index (χ0v) is 15.0. The van der Waals surface area contributed by atoms with Crippen molar-refractivity contribution >= 4 is 33.3 Å².